The fourth-order valence-electron chi connectivity index (χ4n) is 4.33. The second-order valence-electron chi connectivity index (χ2n) is 8.51. The number of aryl methyl sites for hydroxylation is 2. The number of fused-ring (bicyclic) bond motifs is 2. The van der Waals surface area contributed by atoms with Crippen LogP contribution in [-0.4, -0.2) is 38.6 Å². The molecule has 1 aliphatic carbocycles. The highest BCUT2D eigenvalue weighted by Gasteiger charge is 2.28. The highest BCUT2D eigenvalue weighted by atomic mass is 16.4. The van der Waals surface area contributed by atoms with Crippen LogP contribution >= 0.6 is 0 Å². The topological polar surface area (TPSA) is 114 Å². The standard InChI is InChI=1S/C26H26N6O3/c1-17-23-20(30-31-25(33)21-11-10-18-6-2-3-7-19(18)29-21)8-4-9-22(23)35-24(17)26(34)28-12-5-14-32-15-13-27-16-32/h2-3,6-7,10-11,13,15-16H,4-5,8-9,12,14H2,1H3,(H,28,34)(H,31,33)/b30-20+. The van der Waals surface area contributed by atoms with E-state index in [9.17, 15) is 9.59 Å². The maximum absolute atomic E-state index is 12.8. The van der Waals surface area contributed by atoms with E-state index >= 15 is 0 Å². The predicted molar refractivity (Wildman–Crippen MR) is 131 cm³/mol. The highest BCUT2D eigenvalue weighted by Crippen LogP contribution is 2.29. The van der Waals surface area contributed by atoms with Crippen molar-refractivity contribution in [1.82, 2.24) is 25.3 Å². The van der Waals surface area contributed by atoms with Gasteiger partial charge in [0.25, 0.3) is 11.8 Å². The fourth-order valence-corrected chi connectivity index (χ4v) is 4.33. The van der Waals surface area contributed by atoms with Crippen LogP contribution in [0.5, 0.6) is 0 Å². The average Bonchev–Trinajstić information content (AvgIpc) is 3.53. The zero-order chi connectivity index (χ0) is 24.2. The molecule has 0 saturated carbocycles. The molecule has 4 aromatic rings. The van der Waals surface area contributed by atoms with Crippen molar-refractivity contribution in [3.8, 4) is 0 Å². The maximum Gasteiger partial charge on any atom is 0.289 e. The Hall–Kier alpha value is -4.27. The number of hydrogen-bond acceptors (Lipinski definition) is 6. The van der Waals surface area contributed by atoms with E-state index in [2.05, 4.69) is 25.8 Å². The maximum atomic E-state index is 12.8. The van der Waals surface area contributed by atoms with Crippen LogP contribution in [0.25, 0.3) is 10.9 Å². The first-order valence-corrected chi connectivity index (χ1v) is 11.7. The molecule has 1 aliphatic rings. The van der Waals surface area contributed by atoms with Gasteiger partial charge in [-0.2, -0.15) is 5.10 Å². The molecule has 0 fully saturated rings. The minimum atomic E-state index is -0.382. The molecule has 9 heteroatoms. The Morgan fingerprint density at radius 2 is 2.03 bits per heavy atom. The van der Waals surface area contributed by atoms with E-state index in [1.165, 1.54) is 0 Å². The number of aromatic nitrogens is 3. The van der Waals surface area contributed by atoms with Gasteiger partial charge in [-0.05, 0) is 38.3 Å². The third-order valence-electron chi connectivity index (χ3n) is 6.09. The van der Waals surface area contributed by atoms with E-state index in [0.29, 0.717) is 30.1 Å². The van der Waals surface area contributed by atoms with Gasteiger partial charge in [0.1, 0.15) is 11.5 Å². The van der Waals surface area contributed by atoms with Gasteiger partial charge in [0.2, 0.25) is 0 Å². The van der Waals surface area contributed by atoms with Gasteiger partial charge >= 0.3 is 0 Å². The van der Waals surface area contributed by atoms with Crippen LogP contribution in [-0.2, 0) is 13.0 Å². The van der Waals surface area contributed by atoms with E-state index in [1.807, 2.05) is 48.0 Å². The molecule has 0 atom stereocenters. The van der Waals surface area contributed by atoms with Crippen molar-refractivity contribution in [3.05, 3.63) is 83.5 Å². The van der Waals surface area contributed by atoms with Gasteiger partial charge in [-0.3, -0.25) is 9.59 Å². The number of nitrogens with one attached hydrogen (secondary N) is 2. The van der Waals surface area contributed by atoms with Crippen LogP contribution in [0, 0.1) is 6.92 Å². The Bertz CT molecular complexity index is 1400. The second-order valence-corrected chi connectivity index (χ2v) is 8.51. The Morgan fingerprint density at radius 3 is 2.89 bits per heavy atom. The van der Waals surface area contributed by atoms with Gasteiger partial charge in [0.15, 0.2) is 5.76 Å². The van der Waals surface area contributed by atoms with Gasteiger partial charge in [-0.25, -0.2) is 15.4 Å². The summed E-state index contributed by atoms with van der Waals surface area (Å²) < 4.78 is 7.90. The molecule has 0 bridgehead atoms. The SMILES string of the molecule is Cc1c(C(=O)NCCCn2ccnc2)oc2c1/C(=N/NC(=O)c1ccc3ccccc3n1)CCC2. The van der Waals surface area contributed by atoms with Gasteiger partial charge in [0, 0.05) is 48.4 Å². The fraction of sp³-hybridized carbons (Fsp3) is 0.269. The Labute approximate surface area is 202 Å². The van der Waals surface area contributed by atoms with Crippen LogP contribution in [0.4, 0.5) is 0 Å². The summed E-state index contributed by atoms with van der Waals surface area (Å²) in [4.78, 5) is 33.9. The molecule has 3 heterocycles. The number of carbonyl (C=O) groups is 2. The number of imidazole rings is 1. The van der Waals surface area contributed by atoms with Crippen LogP contribution in [0.15, 0.2) is 64.6 Å². The van der Waals surface area contributed by atoms with E-state index in [-0.39, 0.29) is 11.8 Å². The number of nitrogens with zero attached hydrogens (tertiary/aromatic N) is 4. The lowest BCUT2D eigenvalue weighted by atomic mass is 9.93. The van der Waals surface area contributed by atoms with E-state index in [1.54, 1.807) is 18.6 Å². The molecule has 0 aliphatic heterocycles. The second kappa shape index (κ2) is 9.92. The normalized spacial score (nSPS) is 14.1. The zero-order valence-corrected chi connectivity index (χ0v) is 19.5. The predicted octanol–water partition coefficient (Wildman–Crippen LogP) is 3.62. The van der Waals surface area contributed by atoms with Gasteiger partial charge in [-0.1, -0.05) is 24.3 Å². The third-order valence-corrected chi connectivity index (χ3v) is 6.09. The number of benzene rings is 1. The molecule has 0 unspecified atom stereocenters. The molecule has 1 aromatic carbocycles. The Morgan fingerprint density at radius 1 is 1.14 bits per heavy atom. The third kappa shape index (κ3) is 4.84. The van der Waals surface area contributed by atoms with Gasteiger partial charge in [-0.15, -0.1) is 0 Å². The summed E-state index contributed by atoms with van der Waals surface area (Å²) in [5, 5.41) is 8.29. The first kappa shape index (κ1) is 22.5. The quantitative estimate of drug-likeness (QED) is 0.316. The highest BCUT2D eigenvalue weighted by molar-refractivity contribution is 6.07. The first-order chi connectivity index (χ1) is 17.1. The minimum absolute atomic E-state index is 0.244. The molecular formula is C26H26N6O3. The number of furan rings is 1. The monoisotopic (exact) mass is 470 g/mol. The lowest BCUT2D eigenvalue weighted by Crippen LogP contribution is -2.25. The molecule has 178 valence electrons. The van der Waals surface area contributed by atoms with Crippen LogP contribution < -0.4 is 10.7 Å². The molecule has 2 N–H and O–H groups in total. The number of rotatable bonds is 7. The van der Waals surface area contributed by atoms with Crippen molar-refractivity contribution < 1.29 is 14.0 Å². The first-order valence-electron chi connectivity index (χ1n) is 11.7. The number of carbonyl (C=O) groups excluding carboxylic acids is 2. The van der Waals surface area contributed by atoms with E-state index in [0.717, 1.165) is 53.6 Å². The van der Waals surface area contributed by atoms with Gasteiger partial charge in [0.05, 0.1) is 17.6 Å². The molecule has 9 nitrogen and oxygen atoms in total. The molecule has 35 heavy (non-hydrogen) atoms. The molecule has 2 amide bonds. The molecule has 5 rings (SSSR count). The summed E-state index contributed by atoms with van der Waals surface area (Å²) >= 11 is 0. The minimum Gasteiger partial charge on any atom is -0.455 e. The smallest absolute Gasteiger partial charge is 0.289 e. The summed E-state index contributed by atoms with van der Waals surface area (Å²) in [6.07, 6.45) is 8.39. The van der Waals surface area contributed by atoms with Crippen molar-refractivity contribution in [2.24, 2.45) is 5.10 Å². The van der Waals surface area contributed by atoms with E-state index in [4.69, 9.17) is 4.42 Å². The Balaban J connectivity index is 1.27. The van der Waals surface area contributed by atoms with Crippen molar-refractivity contribution >= 4 is 28.4 Å². The van der Waals surface area contributed by atoms with Crippen molar-refractivity contribution in [2.75, 3.05) is 6.54 Å². The zero-order valence-electron chi connectivity index (χ0n) is 19.5. The summed E-state index contributed by atoms with van der Waals surface area (Å²) in [5.74, 6) is 0.405. The number of pyridine rings is 1. The Kier molecular flexibility index (Phi) is 6.38. The van der Waals surface area contributed by atoms with Crippen LogP contribution in [0.2, 0.25) is 0 Å². The number of para-hydroxylation sites is 1. The number of hydrogen-bond donors (Lipinski definition) is 2. The van der Waals surface area contributed by atoms with Crippen molar-refractivity contribution in [2.45, 2.75) is 39.2 Å². The number of hydrazone groups is 1. The summed E-state index contributed by atoms with van der Waals surface area (Å²) in [6.45, 7) is 3.16. The molecule has 0 radical (unpaired) electrons. The molecule has 0 saturated heterocycles. The molecule has 3 aromatic heterocycles. The molecular weight excluding hydrogens is 444 g/mol. The van der Waals surface area contributed by atoms with Crippen LogP contribution in [0.1, 0.15) is 57.2 Å². The summed E-state index contributed by atoms with van der Waals surface area (Å²) in [6, 6.07) is 11.2. The van der Waals surface area contributed by atoms with Crippen molar-refractivity contribution in [1.29, 1.82) is 0 Å². The molecule has 0 spiro atoms. The number of amides is 2. The van der Waals surface area contributed by atoms with Crippen molar-refractivity contribution in [3.63, 3.8) is 0 Å². The van der Waals surface area contributed by atoms with Gasteiger partial charge < -0.3 is 14.3 Å². The van der Waals surface area contributed by atoms with Crippen LogP contribution in [0.3, 0.4) is 0 Å². The largest absolute Gasteiger partial charge is 0.455 e. The summed E-state index contributed by atoms with van der Waals surface area (Å²) in [7, 11) is 0. The lowest BCUT2D eigenvalue weighted by molar-refractivity contribution is 0.0920. The summed E-state index contributed by atoms with van der Waals surface area (Å²) in [5.41, 5.74) is 5.94. The average molecular weight is 471 g/mol. The lowest BCUT2D eigenvalue weighted by Gasteiger charge is -2.13. The van der Waals surface area contributed by atoms with E-state index < -0.39 is 0 Å².